The van der Waals surface area contributed by atoms with Crippen LogP contribution >= 0.6 is 24.8 Å². The number of carbonyl (C=O) groups excluding carboxylic acids is 1. The minimum atomic E-state index is 0. The minimum Gasteiger partial charge on any atom is -0.372 e. The fraction of sp³-hybridized carbons (Fsp3) is 0.650. The second kappa shape index (κ2) is 14.1. The molecule has 0 radical (unpaired) electrons. The Morgan fingerprint density at radius 2 is 1.88 bits per heavy atom. The Hall–Kier alpha value is -0.970. The van der Waals surface area contributed by atoms with Crippen LogP contribution in [0.5, 0.6) is 0 Å². The number of benzene rings is 1. The molecule has 0 aromatic heterocycles. The van der Waals surface area contributed by atoms with Gasteiger partial charge in [-0.2, -0.15) is 0 Å². The van der Waals surface area contributed by atoms with Crippen molar-refractivity contribution in [3.8, 4) is 0 Å². The Morgan fingerprint density at radius 1 is 1.23 bits per heavy atom. The first-order valence-electron chi connectivity index (χ1n) is 9.48. The Bertz CT molecular complexity index is 481. The fourth-order valence-electron chi connectivity index (χ4n) is 3.55. The highest BCUT2D eigenvalue weighted by atomic mass is 35.5. The molecule has 1 heterocycles. The molecule has 6 heteroatoms. The highest BCUT2D eigenvalue weighted by Crippen LogP contribution is 2.24. The smallest absolute Gasteiger partial charge is 0.220 e. The Morgan fingerprint density at radius 3 is 2.50 bits per heavy atom. The van der Waals surface area contributed by atoms with Crippen LogP contribution in [0.15, 0.2) is 30.3 Å². The number of rotatable bonds is 9. The van der Waals surface area contributed by atoms with Gasteiger partial charge in [-0.25, -0.2) is 0 Å². The van der Waals surface area contributed by atoms with E-state index in [9.17, 15) is 4.79 Å². The molecule has 0 bridgehead atoms. The molecule has 1 aliphatic heterocycles. The molecule has 1 unspecified atom stereocenters. The van der Waals surface area contributed by atoms with E-state index in [-0.39, 0.29) is 30.7 Å². The van der Waals surface area contributed by atoms with Crippen molar-refractivity contribution in [2.45, 2.75) is 39.5 Å². The van der Waals surface area contributed by atoms with Crippen LogP contribution in [0.3, 0.4) is 0 Å². The number of hydrogen-bond donors (Lipinski definition) is 2. The zero-order valence-corrected chi connectivity index (χ0v) is 17.7. The molecule has 0 aliphatic carbocycles. The van der Waals surface area contributed by atoms with Crippen molar-refractivity contribution in [1.82, 2.24) is 10.6 Å². The van der Waals surface area contributed by atoms with Crippen LogP contribution in [0, 0.1) is 11.8 Å². The predicted molar refractivity (Wildman–Crippen MR) is 116 cm³/mol. The van der Waals surface area contributed by atoms with E-state index in [1.807, 2.05) is 6.07 Å². The van der Waals surface area contributed by atoms with Gasteiger partial charge in [0.25, 0.3) is 0 Å². The lowest BCUT2D eigenvalue weighted by Gasteiger charge is -2.28. The van der Waals surface area contributed by atoms with E-state index in [1.165, 1.54) is 18.5 Å². The summed E-state index contributed by atoms with van der Waals surface area (Å²) in [7, 11) is 0. The normalized spacial score (nSPS) is 15.3. The average molecular weight is 404 g/mol. The van der Waals surface area contributed by atoms with E-state index in [1.54, 1.807) is 0 Å². The van der Waals surface area contributed by atoms with Crippen LogP contribution < -0.4 is 15.5 Å². The third-order valence-corrected chi connectivity index (χ3v) is 5.13. The van der Waals surface area contributed by atoms with Crippen LogP contribution in [0.1, 0.15) is 39.5 Å². The van der Waals surface area contributed by atoms with Gasteiger partial charge < -0.3 is 15.5 Å². The lowest BCUT2D eigenvalue weighted by Crippen LogP contribution is -2.34. The summed E-state index contributed by atoms with van der Waals surface area (Å²) in [6.07, 6.45) is 4.06. The lowest BCUT2D eigenvalue weighted by molar-refractivity contribution is -0.122. The van der Waals surface area contributed by atoms with Crippen LogP contribution in [-0.2, 0) is 4.79 Å². The van der Waals surface area contributed by atoms with Gasteiger partial charge in [-0.05, 0) is 63.2 Å². The number of amides is 1. The second-order valence-electron chi connectivity index (χ2n) is 6.89. The van der Waals surface area contributed by atoms with Crippen LogP contribution in [-0.4, -0.2) is 38.6 Å². The monoisotopic (exact) mass is 403 g/mol. The van der Waals surface area contributed by atoms with Gasteiger partial charge in [0.2, 0.25) is 5.91 Å². The highest BCUT2D eigenvalue weighted by molar-refractivity contribution is 5.85. The predicted octanol–water partition coefficient (Wildman–Crippen LogP) is 3.89. The summed E-state index contributed by atoms with van der Waals surface area (Å²) < 4.78 is 0. The maximum absolute atomic E-state index is 12.1. The Kier molecular flexibility index (Phi) is 13.6. The summed E-state index contributed by atoms with van der Waals surface area (Å²) in [5.41, 5.74) is 1.26. The Labute approximate surface area is 171 Å². The molecular formula is C20H35Cl2N3O. The van der Waals surface area contributed by atoms with Gasteiger partial charge in [0.05, 0.1) is 0 Å². The zero-order chi connectivity index (χ0) is 17.2. The first-order chi connectivity index (χ1) is 11.7. The quantitative estimate of drug-likeness (QED) is 0.614. The zero-order valence-electron chi connectivity index (χ0n) is 16.1. The number of halogens is 2. The summed E-state index contributed by atoms with van der Waals surface area (Å²) in [5, 5.41) is 6.49. The number of hydrogen-bond acceptors (Lipinski definition) is 3. The maximum Gasteiger partial charge on any atom is 0.220 e. The van der Waals surface area contributed by atoms with Crippen molar-refractivity contribution >= 4 is 36.4 Å². The van der Waals surface area contributed by atoms with E-state index in [0.29, 0.717) is 18.3 Å². The van der Waals surface area contributed by atoms with Gasteiger partial charge in [-0.3, -0.25) is 4.79 Å². The molecule has 26 heavy (non-hydrogen) atoms. The molecular weight excluding hydrogens is 369 g/mol. The molecule has 2 rings (SSSR count). The van der Waals surface area contributed by atoms with Gasteiger partial charge in [0, 0.05) is 31.7 Å². The molecule has 1 fully saturated rings. The summed E-state index contributed by atoms with van der Waals surface area (Å²) in [4.78, 5) is 14.5. The molecule has 0 spiro atoms. The first kappa shape index (κ1) is 25.0. The third kappa shape index (κ3) is 8.61. The molecule has 1 aliphatic rings. The SMILES string of the molecule is CCN(CCCNC(=O)CC(C)C1CCNCC1)c1ccccc1.Cl.Cl. The van der Waals surface area contributed by atoms with Gasteiger partial charge in [-0.15, -0.1) is 24.8 Å². The van der Waals surface area contributed by atoms with E-state index < -0.39 is 0 Å². The maximum atomic E-state index is 12.1. The molecule has 4 nitrogen and oxygen atoms in total. The van der Waals surface area contributed by atoms with Crippen LogP contribution in [0.25, 0.3) is 0 Å². The van der Waals surface area contributed by atoms with Crippen LogP contribution in [0.4, 0.5) is 5.69 Å². The molecule has 1 amide bonds. The summed E-state index contributed by atoms with van der Waals surface area (Å²) in [5.74, 6) is 1.40. The molecule has 1 aromatic carbocycles. The molecule has 150 valence electrons. The average Bonchev–Trinajstić information content (AvgIpc) is 2.63. The number of anilines is 1. The van der Waals surface area contributed by atoms with Crippen molar-refractivity contribution in [1.29, 1.82) is 0 Å². The summed E-state index contributed by atoms with van der Waals surface area (Å²) in [6.45, 7) is 9.33. The number of carbonyl (C=O) groups is 1. The van der Waals surface area contributed by atoms with E-state index >= 15 is 0 Å². The minimum absolute atomic E-state index is 0. The third-order valence-electron chi connectivity index (χ3n) is 5.13. The van der Waals surface area contributed by atoms with Gasteiger partial charge in [0.15, 0.2) is 0 Å². The number of para-hydroxylation sites is 1. The summed E-state index contributed by atoms with van der Waals surface area (Å²) in [6, 6.07) is 10.5. The first-order valence-corrected chi connectivity index (χ1v) is 9.48. The molecule has 1 atom stereocenters. The van der Waals surface area contributed by atoms with Crippen molar-refractivity contribution in [3.63, 3.8) is 0 Å². The van der Waals surface area contributed by atoms with Crippen molar-refractivity contribution in [3.05, 3.63) is 30.3 Å². The van der Waals surface area contributed by atoms with E-state index in [2.05, 4.69) is 53.6 Å². The standard InChI is InChI=1S/C20H33N3O.2ClH/c1-3-23(19-8-5-4-6-9-19)15-7-12-22-20(24)16-17(2)18-10-13-21-14-11-18;;/h4-6,8-9,17-18,21H,3,7,10-16H2,1-2H3,(H,22,24);2*1H. The number of nitrogens with one attached hydrogen (secondary N) is 2. The number of nitrogens with zero attached hydrogens (tertiary/aromatic N) is 1. The van der Waals surface area contributed by atoms with Gasteiger partial charge in [-0.1, -0.05) is 25.1 Å². The highest BCUT2D eigenvalue weighted by Gasteiger charge is 2.21. The van der Waals surface area contributed by atoms with Crippen molar-refractivity contribution in [2.24, 2.45) is 11.8 Å². The van der Waals surface area contributed by atoms with Gasteiger partial charge >= 0.3 is 0 Å². The molecule has 0 saturated carbocycles. The van der Waals surface area contributed by atoms with Crippen molar-refractivity contribution < 1.29 is 4.79 Å². The second-order valence-corrected chi connectivity index (χ2v) is 6.89. The largest absolute Gasteiger partial charge is 0.372 e. The lowest BCUT2D eigenvalue weighted by atomic mass is 9.84. The Balaban J connectivity index is 0.00000312. The van der Waals surface area contributed by atoms with Crippen LogP contribution in [0.2, 0.25) is 0 Å². The number of piperidine rings is 1. The summed E-state index contributed by atoms with van der Waals surface area (Å²) >= 11 is 0. The molecule has 1 aromatic rings. The van der Waals surface area contributed by atoms with E-state index in [0.717, 1.165) is 39.1 Å². The molecule has 1 saturated heterocycles. The molecule has 2 N–H and O–H groups in total. The fourth-order valence-corrected chi connectivity index (χ4v) is 3.55. The topological polar surface area (TPSA) is 44.4 Å². The van der Waals surface area contributed by atoms with Gasteiger partial charge in [0.1, 0.15) is 0 Å². The van der Waals surface area contributed by atoms with Crippen molar-refractivity contribution in [2.75, 3.05) is 37.6 Å². The van der Waals surface area contributed by atoms with E-state index in [4.69, 9.17) is 0 Å².